The summed E-state index contributed by atoms with van der Waals surface area (Å²) in [6.45, 7) is 5.78. The van der Waals surface area contributed by atoms with Gasteiger partial charge in [-0.3, -0.25) is 0 Å². The number of aliphatic hydroxyl groups excluding tert-OH is 1. The molecule has 0 saturated heterocycles. The molecule has 2 N–H and O–H groups in total. The number of rotatable bonds is 7. The molecule has 3 nitrogen and oxygen atoms in total. The molecule has 1 aliphatic carbocycles. The van der Waals surface area contributed by atoms with Gasteiger partial charge in [0.25, 0.3) is 0 Å². The molecule has 0 aromatic carbocycles. The molecule has 3 heteroatoms. The molecule has 1 aliphatic rings. The van der Waals surface area contributed by atoms with E-state index in [0.29, 0.717) is 5.92 Å². The molecule has 0 spiro atoms. The zero-order chi connectivity index (χ0) is 9.52. The Kier molecular flexibility index (Phi) is 5.35. The number of nitrogens with one attached hydrogen (secondary N) is 1. The van der Waals surface area contributed by atoms with Crippen LogP contribution in [-0.4, -0.2) is 37.5 Å². The minimum atomic E-state index is -0.0183. The molecule has 0 bridgehead atoms. The van der Waals surface area contributed by atoms with Gasteiger partial charge >= 0.3 is 0 Å². The fourth-order valence-corrected chi connectivity index (χ4v) is 1.62. The Balaban J connectivity index is 1.74. The fraction of sp³-hybridized carbons (Fsp3) is 1.00. The maximum absolute atomic E-state index is 9.04. The van der Waals surface area contributed by atoms with Gasteiger partial charge in [-0.15, -0.1) is 0 Å². The van der Waals surface area contributed by atoms with Crippen LogP contribution in [-0.2, 0) is 4.74 Å². The smallest absolute Gasteiger partial charge is 0.0546 e. The minimum absolute atomic E-state index is 0.0183. The first-order valence-electron chi connectivity index (χ1n) is 5.29. The quantitative estimate of drug-likeness (QED) is 0.579. The largest absolute Gasteiger partial charge is 0.393 e. The van der Waals surface area contributed by atoms with Gasteiger partial charge in [0.1, 0.15) is 0 Å². The van der Waals surface area contributed by atoms with Crippen LogP contribution in [0.4, 0.5) is 0 Å². The van der Waals surface area contributed by atoms with E-state index in [-0.39, 0.29) is 6.10 Å². The Morgan fingerprint density at radius 2 is 2.23 bits per heavy atom. The van der Waals surface area contributed by atoms with Crippen molar-refractivity contribution in [3.63, 3.8) is 0 Å². The van der Waals surface area contributed by atoms with E-state index >= 15 is 0 Å². The van der Waals surface area contributed by atoms with E-state index in [1.807, 2.05) is 6.92 Å². The van der Waals surface area contributed by atoms with Crippen molar-refractivity contribution in [1.29, 1.82) is 0 Å². The molecule has 0 radical (unpaired) electrons. The topological polar surface area (TPSA) is 41.5 Å². The van der Waals surface area contributed by atoms with Crippen LogP contribution in [0.25, 0.3) is 0 Å². The molecule has 1 saturated carbocycles. The molecular weight excluding hydrogens is 166 g/mol. The Labute approximate surface area is 80.5 Å². The lowest BCUT2D eigenvalue weighted by Crippen LogP contribution is -2.36. The van der Waals surface area contributed by atoms with E-state index in [0.717, 1.165) is 45.6 Å². The third-order valence-corrected chi connectivity index (χ3v) is 2.49. The van der Waals surface area contributed by atoms with E-state index in [9.17, 15) is 0 Å². The van der Waals surface area contributed by atoms with Crippen LogP contribution in [0.3, 0.4) is 0 Å². The van der Waals surface area contributed by atoms with E-state index in [1.54, 1.807) is 0 Å². The van der Waals surface area contributed by atoms with Crippen LogP contribution < -0.4 is 5.32 Å². The van der Waals surface area contributed by atoms with Crippen molar-refractivity contribution in [1.82, 2.24) is 5.32 Å². The highest BCUT2D eigenvalue weighted by molar-refractivity contribution is 4.79. The van der Waals surface area contributed by atoms with E-state index in [4.69, 9.17) is 9.84 Å². The molecule has 0 atom stereocenters. The van der Waals surface area contributed by atoms with Gasteiger partial charge in [0, 0.05) is 13.2 Å². The monoisotopic (exact) mass is 187 g/mol. The SMILES string of the molecule is CCOCCCNCC1CC(O)C1. The second-order valence-corrected chi connectivity index (χ2v) is 3.75. The molecule has 0 unspecified atom stereocenters. The molecule has 0 aliphatic heterocycles. The second-order valence-electron chi connectivity index (χ2n) is 3.75. The van der Waals surface area contributed by atoms with Crippen molar-refractivity contribution < 1.29 is 9.84 Å². The van der Waals surface area contributed by atoms with E-state index in [2.05, 4.69) is 5.32 Å². The first kappa shape index (κ1) is 11.0. The highest BCUT2D eigenvalue weighted by atomic mass is 16.5. The van der Waals surface area contributed by atoms with Crippen molar-refractivity contribution in [3.8, 4) is 0 Å². The van der Waals surface area contributed by atoms with Crippen LogP contribution >= 0.6 is 0 Å². The van der Waals surface area contributed by atoms with Crippen molar-refractivity contribution in [2.24, 2.45) is 5.92 Å². The van der Waals surface area contributed by atoms with Crippen LogP contribution in [0.2, 0.25) is 0 Å². The normalized spacial score (nSPS) is 27.2. The van der Waals surface area contributed by atoms with Gasteiger partial charge in [-0.2, -0.15) is 0 Å². The average Bonchev–Trinajstić information content (AvgIpc) is 2.07. The Morgan fingerprint density at radius 3 is 2.85 bits per heavy atom. The summed E-state index contributed by atoms with van der Waals surface area (Å²) in [6.07, 6.45) is 3.04. The summed E-state index contributed by atoms with van der Waals surface area (Å²) in [5.41, 5.74) is 0. The second kappa shape index (κ2) is 6.35. The number of ether oxygens (including phenoxy) is 1. The zero-order valence-electron chi connectivity index (χ0n) is 8.46. The number of hydrogen-bond donors (Lipinski definition) is 2. The van der Waals surface area contributed by atoms with Gasteiger partial charge in [-0.1, -0.05) is 0 Å². The predicted molar refractivity (Wildman–Crippen MR) is 52.7 cm³/mol. The van der Waals surface area contributed by atoms with Gasteiger partial charge in [-0.25, -0.2) is 0 Å². The van der Waals surface area contributed by atoms with Gasteiger partial charge in [0.2, 0.25) is 0 Å². The van der Waals surface area contributed by atoms with Crippen LogP contribution in [0.1, 0.15) is 26.2 Å². The minimum Gasteiger partial charge on any atom is -0.393 e. The van der Waals surface area contributed by atoms with Gasteiger partial charge in [0.05, 0.1) is 6.10 Å². The summed E-state index contributed by atoms with van der Waals surface area (Å²) in [6, 6.07) is 0. The average molecular weight is 187 g/mol. The van der Waals surface area contributed by atoms with Crippen molar-refractivity contribution in [2.45, 2.75) is 32.3 Å². The standard InChI is InChI=1S/C10H21NO2/c1-2-13-5-3-4-11-8-9-6-10(12)7-9/h9-12H,2-8H2,1H3. The molecule has 0 amide bonds. The predicted octanol–water partition coefficient (Wildman–Crippen LogP) is 0.773. The lowest BCUT2D eigenvalue weighted by molar-refractivity contribution is 0.0428. The van der Waals surface area contributed by atoms with Gasteiger partial charge in [0.15, 0.2) is 0 Å². The number of hydrogen-bond acceptors (Lipinski definition) is 3. The van der Waals surface area contributed by atoms with Gasteiger partial charge in [-0.05, 0) is 45.2 Å². The highest BCUT2D eigenvalue weighted by Gasteiger charge is 2.26. The van der Waals surface area contributed by atoms with Crippen LogP contribution in [0.5, 0.6) is 0 Å². The summed E-state index contributed by atoms with van der Waals surface area (Å²) in [7, 11) is 0. The lowest BCUT2D eigenvalue weighted by Gasteiger charge is -2.31. The molecule has 0 aromatic heterocycles. The number of aliphatic hydroxyl groups is 1. The molecule has 1 rings (SSSR count). The summed E-state index contributed by atoms with van der Waals surface area (Å²) >= 11 is 0. The summed E-state index contributed by atoms with van der Waals surface area (Å²) in [5.74, 6) is 0.710. The van der Waals surface area contributed by atoms with Crippen LogP contribution in [0.15, 0.2) is 0 Å². The molecule has 0 aromatic rings. The highest BCUT2D eigenvalue weighted by Crippen LogP contribution is 2.25. The third kappa shape index (κ3) is 4.60. The molecule has 13 heavy (non-hydrogen) atoms. The Hall–Kier alpha value is -0.120. The Bertz CT molecular complexity index is 124. The van der Waals surface area contributed by atoms with Crippen molar-refractivity contribution in [2.75, 3.05) is 26.3 Å². The first-order chi connectivity index (χ1) is 6.33. The van der Waals surface area contributed by atoms with Crippen LogP contribution in [0, 0.1) is 5.92 Å². The molecular formula is C10H21NO2. The lowest BCUT2D eigenvalue weighted by atomic mass is 9.82. The van der Waals surface area contributed by atoms with Gasteiger partial charge < -0.3 is 15.2 Å². The Morgan fingerprint density at radius 1 is 1.46 bits per heavy atom. The van der Waals surface area contributed by atoms with E-state index < -0.39 is 0 Å². The fourth-order valence-electron chi connectivity index (χ4n) is 1.62. The van der Waals surface area contributed by atoms with E-state index in [1.165, 1.54) is 0 Å². The zero-order valence-corrected chi connectivity index (χ0v) is 8.46. The first-order valence-corrected chi connectivity index (χ1v) is 5.29. The van der Waals surface area contributed by atoms with Crippen molar-refractivity contribution in [3.05, 3.63) is 0 Å². The maximum Gasteiger partial charge on any atom is 0.0546 e. The van der Waals surface area contributed by atoms with Crippen molar-refractivity contribution >= 4 is 0 Å². The molecule has 1 fully saturated rings. The molecule has 78 valence electrons. The summed E-state index contributed by atoms with van der Waals surface area (Å²) in [4.78, 5) is 0. The third-order valence-electron chi connectivity index (χ3n) is 2.49. The maximum atomic E-state index is 9.04. The molecule has 0 heterocycles. The summed E-state index contributed by atoms with van der Waals surface area (Å²) in [5, 5.41) is 12.4. The summed E-state index contributed by atoms with van der Waals surface area (Å²) < 4.78 is 5.22.